The summed E-state index contributed by atoms with van der Waals surface area (Å²) in [6.45, 7) is 6.27. The topological polar surface area (TPSA) is 45.5 Å². The van der Waals surface area contributed by atoms with E-state index in [-0.39, 0.29) is 0 Å². The maximum absolute atomic E-state index is 4.58. The van der Waals surface area contributed by atoms with Crippen LogP contribution in [0.1, 0.15) is 13.8 Å². The lowest BCUT2D eigenvalue weighted by molar-refractivity contribution is 0.403. The Labute approximate surface area is 114 Å². The van der Waals surface area contributed by atoms with Gasteiger partial charge in [-0.3, -0.25) is 0 Å². The highest BCUT2D eigenvalue weighted by molar-refractivity contribution is 9.10. The Bertz CT molecular complexity index is 557. The zero-order valence-electron chi connectivity index (χ0n) is 10.5. The lowest BCUT2D eigenvalue weighted by atomic mass is 10.1. The summed E-state index contributed by atoms with van der Waals surface area (Å²) in [5.74, 6) is 0.813. The molecule has 5 nitrogen and oxygen atoms in total. The molecule has 1 fully saturated rings. The van der Waals surface area contributed by atoms with Gasteiger partial charge in [-0.25, -0.2) is 4.52 Å². The van der Waals surface area contributed by atoms with Gasteiger partial charge in [0.2, 0.25) is 5.95 Å². The molecule has 0 aliphatic carbocycles. The van der Waals surface area contributed by atoms with Gasteiger partial charge in [0.1, 0.15) is 0 Å². The molecule has 1 aliphatic rings. The van der Waals surface area contributed by atoms with Gasteiger partial charge in [-0.05, 0) is 41.9 Å². The van der Waals surface area contributed by atoms with Gasteiger partial charge in [0, 0.05) is 35.8 Å². The maximum atomic E-state index is 4.58. The van der Waals surface area contributed by atoms with Crippen LogP contribution in [-0.2, 0) is 0 Å². The van der Waals surface area contributed by atoms with Gasteiger partial charge in [0.15, 0.2) is 5.65 Å². The minimum absolute atomic E-state index is 0.465. The van der Waals surface area contributed by atoms with Gasteiger partial charge < -0.3 is 10.2 Å². The molecule has 18 heavy (non-hydrogen) atoms. The number of piperazine rings is 1. The molecule has 2 atom stereocenters. The van der Waals surface area contributed by atoms with Gasteiger partial charge in [0.05, 0.1) is 0 Å². The number of rotatable bonds is 1. The molecule has 0 bridgehead atoms. The van der Waals surface area contributed by atoms with Crippen molar-refractivity contribution in [3.63, 3.8) is 0 Å². The van der Waals surface area contributed by atoms with E-state index in [4.69, 9.17) is 0 Å². The first kappa shape index (κ1) is 11.9. The van der Waals surface area contributed by atoms with Crippen LogP contribution in [0.25, 0.3) is 5.65 Å². The van der Waals surface area contributed by atoms with Gasteiger partial charge in [0.25, 0.3) is 0 Å². The molecular weight excluding hydrogens is 294 g/mol. The molecule has 0 spiro atoms. The standard InChI is InChI=1S/C12H16BrN5/c1-8-5-17(6-9(2)14-8)12-15-11-4-3-10(13)7-18(11)16-12/h3-4,7-9,14H,5-6H2,1-2H3. The van der Waals surface area contributed by atoms with E-state index in [0.717, 1.165) is 29.2 Å². The summed E-state index contributed by atoms with van der Waals surface area (Å²) in [6, 6.07) is 4.88. The van der Waals surface area contributed by atoms with Crippen LogP contribution in [0.4, 0.5) is 5.95 Å². The summed E-state index contributed by atoms with van der Waals surface area (Å²) in [7, 11) is 0. The van der Waals surface area contributed by atoms with E-state index in [1.54, 1.807) is 0 Å². The molecule has 6 heteroatoms. The third-order valence-corrected chi connectivity index (χ3v) is 3.59. The van der Waals surface area contributed by atoms with E-state index >= 15 is 0 Å². The second kappa shape index (κ2) is 4.51. The minimum atomic E-state index is 0.465. The zero-order valence-corrected chi connectivity index (χ0v) is 12.1. The first-order valence-electron chi connectivity index (χ1n) is 6.15. The summed E-state index contributed by atoms with van der Waals surface area (Å²) >= 11 is 3.44. The Morgan fingerprint density at radius 1 is 1.28 bits per heavy atom. The molecule has 3 rings (SSSR count). The zero-order chi connectivity index (χ0) is 12.7. The molecule has 2 unspecified atom stereocenters. The van der Waals surface area contributed by atoms with E-state index in [1.165, 1.54) is 0 Å². The van der Waals surface area contributed by atoms with Crippen LogP contribution < -0.4 is 10.2 Å². The number of nitrogens with one attached hydrogen (secondary N) is 1. The van der Waals surface area contributed by atoms with Crippen LogP contribution in [0, 0.1) is 0 Å². The van der Waals surface area contributed by atoms with Crippen LogP contribution in [0.3, 0.4) is 0 Å². The van der Waals surface area contributed by atoms with Gasteiger partial charge in [-0.15, -0.1) is 5.10 Å². The van der Waals surface area contributed by atoms with Crippen molar-refractivity contribution in [3.05, 3.63) is 22.8 Å². The number of aromatic nitrogens is 3. The number of pyridine rings is 1. The lowest BCUT2D eigenvalue weighted by Gasteiger charge is -2.35. The molecule has 0 radical (unpaired) electrons. The first-order chi connectivity index (χ1) is 8.61. The predicted octanol–water partition coefficient (Wildman–Crippen LogP) is 1.68. The fourth-order valence-electron chi connectivity index (χ4n) is 2.47. The average molecular weight is 310 g/mol. The van der Waals surface area contributed by atoms with Crippen LogP contribution >= 0.6 is 15.9 Å². The van der Waals surface area contributed by atoms with E-state index < -0.39 is 0 Å². The molecule has 2 aromatic heterocycles. The summed E-state index contributed by atoms with van der Waals surface area (Å²) in [6.07, 6.45) is 1.93. The third kappa shape index (κ3) is 2.22. The number of hydrogen-bond donors (Lipinski definition) is 1. The smallest absolute Gasteiger partial charge is 0.245 e. The van der Waals surface area contributed by atoms with Crippen molar-refractivity contribution in [2.24, 2.45) is 0 Å². The van der Waals surface area contributed by atoms with Crippen LogP contribution in [0.5, 0.6) is 0 Å². The molecule has 1 N–H and O–H groups in total. The SMILES string of the molecule is CC1CN(c2nc3ccc(Br)cn3n2)CC(C)N1. The van der Waals surface area contributed by atoms with E-state index in [2.05, 4.69) is 50.1 Å². The third-order valence-electron chi connectivity index (χ3n) is 3.12. The van der Waals surface area contributed by atoms with E-state index in [0.29, 0.717) is 12.1 Å². The van der Waals surface area contributed by atoms with Crippen LogP contribution in [-0.4, -0.2) is 39.8 Å². The van der Waals surface area contributed by atoms with Gasteiger partial charge in [-0.2, -0.15) is 4.98 Å². The fraction of sp³-hybridized carbons (Fsp3) is 0.500. The van der Waals surface area contributed by atoms with Crippen LogP contribution in [0.2, 0.25) is 0 Å². The summed E-state index contributed by atoms with van der Waals surface area (Å²) in [4.78, 5) is 6.82. The number of anilines is 1. The minimum Gasteiger partial charge on any atom is -0.336 e. The number of halogens is 1. The Morgan fingerprint density at radius 2 is 2.00 bits per heavy atom. The quantitative estimate of drug-likeness (QED) is 0.870. The molecule has 96 valence electrons. The second-order valence-corrected chi connectivity index (χ2v) is 5.85. The Balaban J connectivity index is 1.93. The number of fused-ring (bicyclic) bond motifs is 1. The monoisotopic (exact) mass is 309 g/mol. The van der Waals surface area contributed by atoms with Crippen molar-refractivity contribution >= 4 is 27.5 Å². The molecule has 2 aromatic rings. The Hall–Kier alpha value is -1.14. The predicted molar refractivity (Wildman–Crippen MR) is 75.0 cm³/mol. The Kier molecular flexibility index (Phi) is 2.99. The molecule has 0 aromatic carbocycles. The van der Waals surface area contributed by atoms with Gasteiger partial charge in [-0.1, -0.05) is 0 Å². The van der Waals surface area contributed by atoms with Crippen molar-refractivity contribution < 1.29 is 0 Å². The normalized spacial score (nSPS) is 24.7. The highest BCUT2D eigenvalue weighted by atomic mass is 79.9. The van der Waals surface area contributed by atoms with Gasteiger partial charge >= 0.3 is 0 Å². The molecule has 3 heterocycles. The summed E-state index contributed by atoms with van der Waals surface area (Å²) < 4.78 is 2.82. The van der Waals surface area contributed by atoms with Crippen molar-refractivity contribution in [1.82, 2.24) is 19.9 Å². The van der Waals surface area contributed by atoms with E-state index in [9.17, 15) is 0 Å². The van der Waals surface area contributed by atoms with Crippen LogP contribution in [0.15, 0.2) is 22.8 Å². The molecule has 0 saturated carbocycles. The molecule has 0 amide bonds. The fourth-order valence-corrected chi connectivity index (χ4v) is 2.80. The number of nitrogens with zero attached hydrogens (tertiary/aromatic N) is 4. The molecule has 1 saturated heterocycles. The first-order valence-corrected chi connectivity index (χ1v) is 6.94. The van der Waals surface area contributed by atoms with Crippen molar-refractivity contribution in [2.75, 3.05) is 18.0 Å². The molecule has 1 aliphatic heterocycles. The van der Waals surface area contributed by atoms with Crippen molar-refractivity contribution in [1.29, 1.82) is 0 Å². The summed E-state index contributed by atoms with van der Waals surface area (Å²) in [5, 5.41) is 8.05. The largest absolute Gasteiger partial charge is 0.336 e. The number of hydrogen-bond acceptors (Lipinski definition) is 4. The summed E-state index contributed by atoms with van der Waals surface area (Å²) in [5.41, 5.74) is 0.882. The van der Waals surface area contributed by atoms with Crippen molar-refractivity contribution in [2.45, 2.75) is 25.9 Å². The van der Waals surface area contributed by atoms with E-state index in [1.807, 2.05) is 22.8 Å². The second-order valence-electron chi connectivity index (χ2n) is 4.94. The lowest BCUT2D eigenvalue weighted by Crippen LogP contribution is -2.54. The van der Waals surface area contributed by atoms with Crippen molar-refractivity contribution in [3.8, 4) is 0 Å². The highest BCUT2D eigenvalue weighted by Crippen LogP contribution is 2.16. The Morgan fingerprint density at radius 3 is 2.72 bits per heavy atom. The average Bonchev–Trinajstić information content (AvgIpc) is 2.70. The maximum Gasteiger partial charge on any atom is 0.245 e. The molecular formula is C12H16BrN5. The highest BCUT2D eigenvalue weighted by Gasteiger charge is 2.23.